The lowest BCUT2D eigenvalue weighted by molar-refractivity contribution is -0.380. The first kappa shape index (κ1) is 78.5. The molecule has 6 aliphatic heterocycles. The van der Waals surface area contributed by atoms with Crippen molar-refractivity contribution in [3.8, 4) is 0 Å². The lowest BCUT2D eigenvalue weighted by Crippen LogP contribution is -2.71. The van der Waals surface area contributed by atoms with Crippen molar-refractivity contribution >= 4 is 23.7 Å². The molecule has 6 fully saturated rings. The van der Waals surface area contributed by atoms with Gasteiger partial charge in [-0.15, -0.1) is 0 Å². The van der Waals surface area contributed by atoms with Gasteiger partial charge in [0.25, 0.3) is 5.79 Å². The number of nitrogens with one attached hydrogen (secondary N) is 3. The molecule has 26 N–H and O–H groups in total. The molecule has 3 amide bonds. The van der Waals surface area contributed by atoms with Gasteiger partial charge in [0.1, 0.15) is 165 Å². The van der Waals surface area contributed by atoms with E-state index >= 15 is 0 Å². The predicted octanol–water partition coefficient (Wildman–Crippen LogP) is -17.0. The molecular weight excluding hydrogens is 1280 g/mol. The number of ether oxygens (including phenoxy) is 12. The summed E-state index contributed by atoms with van der Waals surface area (Å²) in [6.45, 7) is -6.40. The molecule has 93 heavy (non-hydrogen) atoms. The number of carboxylic acids is 1. The van der Waals surface area contributed by atoms with Gasteiger partial charge in [-0.2, -0.15) is 0 Å². The van der Waals surface area contributed by atoms with Crippen LogP contribution in [0.3, 0.4) is 0 Å². The van der Waals surface area contributed by atoms with Crippen molar-refractivity contribution < 1.29 is 193 Å². The fourth-order valence-electron chi connectivity index (χ4n) is 11.3. The summed E-state index contributed by atoms with van der Waals surface area (Å²) in [4.78, 5) is 51.4. The maximum Gasteiger partial charge on any atom is 0.364 e. The molecule has 0 bridgehead atoms. The van der Waals surface area contributed by atoms with Crippen LogP contribution in [0.5, 0.6) is 0 Å². The van der Waals surface area contributed by atoms with E-state index in [1.807, 2.05) is 0 Å². The Balaban J connectivity index is 1.41. The van der Waals surface area contributed by atoms with Gasteiger partial charge in [0.15, 0.2) is 31.5 Å². The first-order valence-electron chi connectivity index (χ1n) is 29.2. The number of carboxylic acid groups (broad SMARTS) is 1. The van der Waals surface area contributed by atoms with Crippen molar-refractivity contribution in [2.75, 3.05) is 52.9 Å². The summed E-state index contributed by atoms with van der Waals surface area (Å²) in [5, 5.41) is 255. The summed E-state index contributed by atoms with van der Waals surface area (Å²) in [5.41, 5.74) is 0. The summed E-state index contributed by atoms with van der Waals surface area (Å²) < 4.78 is 69.8. The molecule has 6 saturated heterocycles. The van der Waals surface area contributed by atoms with Gasteiger partial charge < -0.3 is 190 Å². The zero-order valence-corrected chi connectivity index (χ0v) is 49.8. The minimum Gasteiger partial charge on any atom is -0.477 e. The second kappa shape index (κ2) is 34.3. The topological polar surface area (TPSA) is 680 Å². The van der Waals surface area contributed by atoms with Gasteiger partial charge in [0.2, 0.25) is 17.7 Å². The highest BCUT2D eigenvalue weighted by atomic mass is 16.8. The van der Waals surface area contributed by atoms with Crippen molar-refractivity contribution in [2.24, 2.45) is 0 Å². The molecule has 0 spiro atoms. The molecule has 0 unspecified atom stereocenters. The van der Waals surface area contributed by atoms with E-state index in [0.29, 0.717) is 0 Å². The van der Waals surface area contributed by atoms with Crippen molar-refractivity contribution in [2.45, 2.75) is 241 Å². The molecule has 35 atom stereocenters. The SMILES string of the molecule is CC(=O)N[C@H]1[C@H](OC[C@H]2O[C@@H](O[C@@H]([C@H](O)[C@@H](O)CO)[C@H](O)CO)[C@H](O)[C@@H](O[C@@H]3O[C@H](CO[C@]4(C(=O)O)C[C@H](O)[C@@H](NC(C)=O)[C@H]([C@H](O)[C@H](O)CO)O4)[C@@H](O)[C@H](O[C@@H]4O[C@H](CO)[C@H](O)[C@H](O)[C@H]4O)[C@H]3NC(C)=O)[C@H]2O)O[C@H](CO)[C@@H](O[C@@H]2O[C@H](CO)[C@H](O)[C@H](O)[C@H]2O)[C@@H]1O. The molecule has 0 aromatic carbocycles. The average molecular weight is 1370 g/mol. The van der Waals surface area contributed by atoms with Gasteiger partial charge in [0, 0.05) is 27.2 Å². The number of aliphatic hydroxyl groups is 22. The number of rotatable bonds is 29. The second-order valence-corrected chi connectivity index (χ2v) is 23.0. The van der Waals surface area contributed by atoms with Crippen LogP contribution >= 0.6 is 0 Å². The standard InChI is InChI=1S/C51H87N3O39/c1-13(61)52-25-16(64)4-51(50(80)81,93-43(25)29(69)18(66)6-56)83-12-24-32(72)42(91-48-38(78)36(76)31(71)21(9-59)85-48)27(54-15(3)63)46(87-24)92-44-33(73)23(88-49(39(44)79)89-40(19(67)7-57)28(68)17(65)5-55)11-82-45-26(53-14(2)62)34(74)41(22(10-60)86-45)90-47-37(77)35(75)30(70)20(8-58)84-47/h16-49,55-60,64-79H,4-12H2,1-3H3,(H,52,61)(H,53,62)(H,54,63)(H,80,81)/t16-,17-,18+,19+,20+,21+,22+,23+,24+,25+,26+,27+,28+,29+,30-,31-,32+,33-,34+,35-,36-,37+,38+,39+,40+,41+,42+,43+,44-,45+,46-,47-,48-,49-,51+/m0/s1. The third-order valence-electron chi connectivity index (χ3n) is 16.3. The Morgan fingerprint density at radius 2 is 0.914 bits per heavy atom. The number of hydrogen-bond donors (Lipinski definition) is 26. The fraction of sp³-hybridized carbons (Fsp3) is 0.922. The van der Waals surface area contributed by atoms with Crippen LogP contribution in [0.25, 0.3) is 0 Å². The number of hydrogen-bond acceptors (Lipinski definition) is 38. The Hall–Kier alpha value is -3.48. The number of carbonyl (C=O) groups is 4. The molecule has 6 aliphatic rings. The Bertz CT molecular complexity index is 2360. The zero-order valence-electron chi connectivity index (χ0n) is 49.8. The first-order valence-corrected chi connectivity index (χ1v) is 29.2. The largest absolute Gasteiger partial charge is 0.477 e. The van der Waals surface area contributed by atoms with Crippen LogP contribution in [0.15, 0.2) is 0 Å². The predicted molar refractivity (Wildman–Crippen MR) is 286 cm³/mol. The van der Waals surface area contributed by atoms with Crippen LogP contribution in [-0.4, -0.2) is 408 Å². The zero-order chi connectivity index (χ0) is 69.4. The van der Waals surface area contributed by atoms with Crippen LogP contribution in [0.4, 0.5) is 0 Å². The summed E-state index contributed by atoms with van der Waals surface area (Å²) in [5.74, 6) is -8.11. The number of aliphatic carboxylic acids is 1. The molecule has 6 heterocycles. The molecule has 42 nitrogen and oxygen atoms in total. The van der Waals surface area contributed by atoms with Crippen molar-refractivity contribution in [3.63, 3.8) is 0 Å². The molecule has 42 heteroatoms. The Morgan fingerprint density at radius 3 is 1.42 bits per heavy atom. The van der Waals surface area contributed by atoms with Crippen LogP contribution < -0.4 is 16.0 Å². The van der Waals surface area contributed by atoms with Crippen LogP contribution in [0.1, 0.15) is 27.2 Å². The lowest BCUT2D eigenvalue weighted by Gasteiger charge is -2.51. The van der Waals surface area contributed by atoms with E-state index in [-0.39, 0.29) is 0 Å². The third-order valence-corrected chi connectivity index (χ3v) is 16.3. The van der Waals surface area contributed by atoms with E-state index in [4.69, 9.17) is 56.8 Å². The van der Waals surface area contributed by atoms with Gasteiger partial charge in [-0.05, 0) is 0 Å². The van der Waals surface area contributed by atoms with Gasteiger partial charge in [-0.3, -0.25) is 14.4 Å². The minimum absolute atomic E-state index is 0.869. The molecule has 0 aliphatic carbocycles. The molecule has 0 radical (unpaired) electrons. The molecule has 0 aromatic heterocycles. The van der Waals surface area contributed by atoms with Crippen LogP contribution in [0.2, 0.25) is 0 Å². The number of aliphatic hydroxyl groups excluding tert-OH is 22. The highest BCUT2D eigenvalue weighted by Gasteiger charge is 2.60. The molecule has 540 valence electrons. The summed E-state index contributed by atoms with van der Waals surface area (Å²) in [6, 6.07) is -5.64. The molecule has 0 saturated carbocycles. The Kier molecular flexibility index (Phi) is 29.0. The van der Waals surface area contributed by atoms with E-state index in [1.165, 1.54) is 0 Å². The monoisotopic (exact) mass is 1370 g/mol. The highest BCUT2D eigenvalue weighted by molar-refractivity contribution is 5.77. The fourth-order valence-corrected chi connectivity index (χ4v) is 11.3. The van der Waals surface area contributed by atoms with E-state index in [9.17, 15) is 137 Å². The van der Waals surface area contributed by atoms with Gasteiger partial charge in [-0.25, -0.2) is 4.79 Å². The van der Waals surface area contributed by atoms with Crippen molar-refractivity contribution in [1.29, 1.82) is 0 Å². The van der Waals surface area contributed by atoms with E-state index in [2.05, 4.69) is 16.0 Å². The Labute approximate surface area is 526 Å². The maximum absolute atomic E-state index is 13.3. The summed E-state index contributed by atoms with van der Waals surface area (Å²) >= 11 is 0. The van der Waals surface area contributed by atoms with Gasteiger partial charge >= 0.3 is 5.97 Å². The van der Waals surface area contributed by atoms with E-state index in [1.54, 1.807) is 0 Å². The van der Waals surface area contributed by atoms with Crippen LogP contribution in [-0.2, 0) is 76.0 Å². The summed E-state index contributed by atoms with van der Waals surface area (Å²) in [7, 11) is 0. The van der Waals surface area contributed by atoms with Crippen molar-refractivity contribution in [1.82, 2.24) is 16.0 Å². The third kappa shape index (κ3) is 18.1. The summed E-state index contributed by atoms with van der Waals surface area (Å²) in [6.07, 6.45) is -67.6. The normalized spacial score (nSPS) is 43.6. The molecular formula is C51H87N3O39. The smallest absolute Gasteiger partial charge is 0.364 e. The van der Waals surface area contributed by atoms with E-state index in [0.717, 1.165) is 20.8 Å². The van der Waals surface area contributed by atoms with Gasteiger partial charge in [-0.1, -0.05) is 0 Å². The van der Waals surface area contributed by atoms with Gasteiger partial charge in [0.05, 0.1) is 65.0 Å². The highest BCUT2D eigenvalue weighted by Crippen LogP contribution is 2.39. The van der Waals surface area contributed by atoms with Crippen LogP contribution in [0, 0.1) is 0 Å². The molecule has 6 rings (SSSR count). The quantitative estimate of drug-likeness (QED) is 0.0331. The molecule has 0 aromatic rings. The van der Waals surface area contributed by atoms with E-state index < -0.39 is 297 Å². The average Bonchev–Trinajstić information content (AvgIpc) is 0.776. The Morgan fingerprint density at radius 1 is 0.462 bits per heavy atom. The minimum atomic E-state index is -3.20. The van der Waals surface area contributed by atoms with Crippen molar-refractivity contribution in [3.05, 3.63) is 0 Å². The second-order valence-electron chi connectivity index (χ2n) is 23.0. The first-order chi connectivity index (χ1) is 43.7. The number of carbonyl (C=O) groups excluding carboxylic acids is 3. The lowest BCUT2D eigenvalue weighted by atomic mass is 9.88. The number of amides is 3. The maximum atomic E-state index is 13.3.